The molecule has 1 unspecified atom stereocenters. The van der Waals surface area contributed by atoms with Gasteiger partial charge in [0.2, 0.25) is 0 Å². The number of aryl methyl sites for hydroxylation is 2. The number of esters is 3. The number of hydrogen-bond acceptors (Lipinski definition) is 9. The van der Waals surface area contributed by atoms with Gasteiger partial charge in [-0.2, -0.15) is 0 Å². The van der Waals surface area contributed by atoms with Crippen LogP contribution in [0.1, 0.15) is 175 Å². The van der Waals surface area contributed by atoms with Crippen LogP contribution < -0.4 is 9.47 Å². The molecule has 0 radical (unpaired) electrons. The van der Waals surface area contributed by atoms with Gasteiger partial charge in [-0.3, -0.25) is 19.2 Å². The molecule has 0 spiro atoms. The summed E-state index contributed by atoms with van der Waals surface area (Å²) >= 11 is 0. The van der Waals surface area contributed by atoms with Crippen LogP contribution >= 0.6 is 0 Å². The van der Waals surface area contributed by atoms with E-state index in [1.54, 1.807) is 20.8 Å². The Kier molecular flexibility index (Phi) is 29.4. The van der Waals surface area contributed by atoms with Gasteiger partial charge in [0.1, 0.15) is 11.5 Å². The number of ether oxygens (including phenoxy) is 5. The highest BCUT2D eigenvalue weighted by molar-refractivity contribution is 6.00. The Bertz CT molecular complexity index is 1420. The maximum atomic E-state index is 12.8. The molecular formula is C50H80O10. The molecule has 10 nitrogen and oxygen atoms in total. The summed E-state index contributed by atoms with van der Waals surface area (Å²) in [6, 6.07) is 15.7. The van der Waals surface area contributed by atoms with E-state index in [0.29, 0.717) is 45.1 Å². The van der Waals surface area contributed by atoms with E-state index in [0.717, 1.165) is 61.3 Å². The molecule has 0 amide bonds. The maximum Gasteiger partial charge on any atom is 0.323 e. The molecular weight excluding hydrogens is 761 g/mol. The standard InChI is InChI=1S/C26H42O5.C24H38O5/c1-5-9-11-12-13-21-31-23-16-14-22(15-17-23)18-20-26(19-10-6-2,24(27)29-7-3)25(28)30-8-4;1-4-7-9-10-11-19-29-21-14-12-20(13-15-21)16-18-24(22(25)26,17-8-5-2)23(27)28-6-3/h14-17H,5-13,18-21H2,1-4H3;12-15H,4-11,16-19H2,1-3H3,(H,25,26). The predicted molar refractivity (Wildman–Crippen MR) is 239 cm³/mol. The van der Waals surface area contributed by atoms with Gasteiger partial charge in [0.15, 0.2) is 10.8 Å². The molecule has 0 saturated heterocycles. The summed E-state index contributed by atoms with van der Waals surface area (Å²) < 4.78 is 27.3. The van der Waals surface area contributed by atoms with Gasteiger partial charge >= 0.3 is 23.9 Å². The van der Waals surface area contributed by atoms with E-state index >= 15 is 0 Å². The van der Waals surface area contributed by atoms with Crippen molar-refractivity contribution < 1.29 is 48.0 Å². The lowest BCUT2D eigenvalue weighted by molar-refractivity contribution is -0.174. The largest absolute Gasteiger partial charge is 0.494 e. The molecule has 340 valence electrons. The van der Waals surface area contributed by atoms with Gasteiger partial charge in [-0.05, 0) is 108 Å². The van der Waals surface area contributed by atoms with Crippen molar-refractivity contribution in [2.75, 3.05) is 33.0 Å². The van der Waals surface area contributed by atoms with Crippen LogP contribution in [0.4, 0.5) is 0 Å². The number of carboxylic acid groups (broad SMARTS) is 1. The fraction of sp³-hybridized carbons (Fsp3) is 0.680. The molecule has 0 bridgehead atoms. The number of rotatable bonds is 33. The Morgan fingerprint density at radius 3 is 1.12 bits per heavy atom. The fourth-order valence-electron chi connectivity index (χ4n) is 7.02. The van der Waals surface area contributed by atoms with Crippen LogP contribution in [0.3, 0.4) is 0 Å². The van der Waals surface area contributed by atoms with Crippen LogP contribution in [0.15, 0.2) is 48.5 Å². The first kappa shape index (κ1) is 53.9. The Labute approximate surface area is 362 Å². The Balaban J connectivity index is 0.000000601. The van der Waals surface area contributed by atoms with Crippen LogP contribution in [0.25, 0.3) is 0 Å². The second-order valence-corrected chi connectivity index (χ2v) is 15.7. The molecule has 0 saturated carbocycles. The summed E-state index contributed by atoms with van der Waals surface area (Å²) in [4.78, 5) is 50.2. The molecule has 0 aromatic heterocycles. The van der Waals surface area contributed by atoms with E-state index in [9.17, 15) is 24.3 Å². The quantitative estimate of drug-likeness (QED) is 0.0320. The molecule has 0 heterocycles. The number of unbranched alkanes of at least 4 members (excludes halogenated alkanes) is 10. The first-order chi connectivity index (χ1) is 29.0. The highest BCUT2D eigenvalue weighted by Gasteiger charge is 2.48. The van der Waals surface area contributed by atoms with E-state index < -0.39 is 34.7 Å². The van der Waals surface area contributed by atoms with Crippen molar-refractivity contribution in [2.45, 2.75) is 177 Å². The van der Waals surface area contributed by atoms with Crippen LogP contribution in [-0.4, -0.2) is 62.0 Å². The third kappa shape index (κ3) is 20.0. The lowest BCUT2D eigenvalue weighted by Gasteiger charge is -2.29. The Hall–Kier alpha value is -4.08. The number of carbonyl (C=O) groups is 4. The van der Waals surface area contributed by atoms with Crippen molar-refractivity contribution in [3.05, 3.63) is 59.7 Å². The zero-order chi connectivity index (χ0) is 44.5. The molecule has 0 aliphatic rings. The molecule has 0 aliphatic heterocycles. The molecule has 2 aromatic rings. The average molecular weight is 841 g/mol. The Morgan fingerprint density at radius 2 is 0.767 bits per heavy atom. The zero-order valence-electron chi connectivity index (χ0n) is 38.4. The van der Waals surface area contributed by atoms with Crippen molar-refractivity contribution in [1.29, 1.82) is 0 Å². The van der Waals surface area contributed by atoms with E-state index in [4.69, 9.17) is 23.7 Å². The minimum Gasteiger partial charge on any atom is -0.494 e. The van der Waals surface area contributed by atoms with Crippen molar-refractivity contribution in [3.63, 3.8) is 0 Å². The van der Waals surface area contributed by atoms with Crippen LogP contribution in [0, 0.1) is 10.8 Å². The fourth-order valence-corrected chi connectivity index (χ4v) is 7.02. The van der Waals surface area contributed by atoms with Gasteiger partial charge < -0.3 is 28.8 Å². The maximum absolute atomic E-state index is 12.8. The van der Waals surface area contributed by atoms with Crippen LogP contribution in [-0.2, 0) is 46.2 Å². The summed E-state index contributed by atoms with van der Waals surface area (Å²) in [5.41, 5.74) is -0.661. The number of carbonyl (C=O) groups excluding carboxylic acids is 3. The van der Waals surface area contributed by atoms with Gasteiger partial charge in [-0.15, -0.1) is 0 Å². The average Bonchev–Trinajstić information content (AvgIpc) is 3.25. The summed E-state index contributed by atoms with van der Waals surface area (Å²) in [6.07, 6.45) is 17.7. The summed E-state index contributed by atoms with van der Waals surface area (Å²) in [6.45, 7) is 15.8. The summed E-state index contributed by atoms with van der Waals surface area (Å²) in [7, 11) is 0. The minimum atomic E-state index is -1.47. The molecule has 1 atom stereocenters. The summed E-state index contributed by atoms with van der Waals surface area (Å²) in [5.74, 6) is -0.969. The zero-order valence-corrected chi connectivity index (χ0v) is 38.4. The van der Waals surface area contributed by atoms with E-state index in [2.05, 4.69) is 13.8 Å². The van der Waals surface area contributed by atoms with E-state index in [-0.39, 0.29) is 26.2 Å². The smallest absolute Gasteiger partial charge is 0.323 e. The van der Waals surface area contributed by atoms with Gasteiger partial charge in [0, 0.05) is 0 Å². The lowest BCUT2D eigenvalue weighted by Crippen LogP contribution is -2.42. The van der Waals surface area contributed by atoms with Crippen molar-refractivity contribution in [3.8, 4) is 11.5 Å². The molecule has 0 fully saturated rings. The van der Waals surface area contributed by atoms with Gasteiger partial charge in [-0.1, -0.05) is 129 Å². The molecule has 1 N–H and O–H groups in total. The number of hydrogen-bond donors (Lipinski definition) is 1. The number of benzene rings is 2. The summed E-state index contributed by atoms with van der Waals surface area (Å²) in [5, 5.41) is 9.82. The minimum absolute atomic E-state index is 0.185. The van der Waals surface area contributed by atoms with E-state index in [1.165, 1.54) is 51.4 Å². The second kappa shape index (κ2) is 32.7. The highest BCUT2D eigenvalue weighted by atomic mass is 16.6. The third-order valence-electron chi connectivity index (χ3n) is 10.9. The third-order valence-corrected chi connectivity index (χ3v) is 10.9. The van der Waals surface area contributed by atoms with Crippen molar-refractivity contribution in [1.82, 2.24) is 0 Å². The lowest BCUT2D eigenvalue weighted by atomic mass is 9.77. The number of carboxylic acids is 1. The molecule has 2 aromatic carbocycles. The monoisotopic (exact) mass is 841 g/mol. The predicted octanol–water partition coefficient (Wildman–Crippen LogP) is 12.1. The van der Waals surface area contributed by atoms with Gasteiger partial charge in [-0.25, -0.2) is 0 Å². The molecule has 60 heavy (non-hydrogen) atoms. The van der Waals surface area contributed by atoms with Crippen molar-refractivity contribution >= 4 is 23.9 Å². The SMILES string of the molecule is CCCCCCCOc1ccc(CCC(CCCC)(C(=O)O)C(=O)OCC)cc1.CCCCCCCOc1ccc(CCC(CCCC)(C(=O)OCC)C(=O)OCC)cc1. The normalized spacial score (nSPS) is 12.1. The Morgan fingerprint density at radius 1 is 0.433 bits per heavy atom. The van der Waals surface area contributed by atoms with Crippen LogP contribution in [0.2, 0.25) is 0 Å². The van der Waals surface area contributed by atoms with Crippen LogP contribution in [0.5, 0.6) is 11.5 Å². The molecule has 0 aliphatic carbocycles. The van der Waals surface area contributed by atoms with Crippen molar-refractivity contribution in [2.24, 2.45) is 10.8 Å². The first-order valence-corrected chi connectivity index (χ1v) is 23.2. The number of aliphatic carboxylic acids is 1. The van der Waals surface area contributed by atoms with Gasteiger partial charge in [0.05, 0.1) is 33.0 Å². The molecule has 2 rings (SSSR count). The van der Waals surface area contributed by atoms with E-state index in [1.807, 2.05) is 62.4 Å². The molecule has 10 heteroatoms. The first-order valence-electron chi connectivity index (χ1n) is 23.2. The van der Waals surface area contributed by atoms with Gasteiger partial charge in [0.25, 0.3) is 0 Å². The highest BCUT2D eigenvalue weighted by Crippen LogP contribution is 2.35. The topological polar surface area (TPSA) is 135 Å². The second-order valence-electron chi connectivity index (χ2n) is 15.7.